The fourth-order valence-corrected chi connectivity index (χ4v) is 5.98. The van der Waals surface area contributed by atoms with Crippen molar-refractivity contribution in [2.75, 3.05) is 23.0 Å². The molecule has 194 valence electrons. The van der Waals surface area contributed by atoms with Crippen LogP contribution in [0.25, 0.3) is 11.0 Å². The molecule has 1 spiro atoms. The number of benzene rings is 1. The number of oxime groups is 1. The molecule has 4 atom stereocenters. The third kappa shape index (κ3) is 3.06. The Hall–Kier alpha value is -4.27. The lowest BCUT2D eigenvalue weighted by molar-refractivity contribution is -0.153. The average molecular weight is 516 g/mol. The van der Waals surface area contributed by atoms with E-state index in [4.69, 9.17) is 19.2 Å². The van der Waals surface area contributed by atoms with Gasteiger partial charge in [-0.2, -0.15) is 0 Å². The quantitative estimate of drug-likeness (QED) is 0.222. The van der Waals surface area contributed by atoms with E-state index in [1.165, 1.54) is 6.07 Å². The van der Waals surface area contributed by atoms with E-state index in [-0.39, 0.29) is 53.7 Å². The summed E-state index contributed by atoms with van der Waals surface area (Å²) in [7, 11) is 0. The summed E-state index contributed by atoms with van der Waals surface area (Å²) in [4.78, 5) is 53.6. The first-order valence-corrected chi connectivity index (χ1v) is 11.5. The Balaban J connectivity index is 1.57. The molecule has 0 bridgehead atoms. The molecule has 3 N–H and O–H groups in total. The molecule has 3 fully saturated rings. The Labute approximate surface area is 207 Å². The number of amides is 5. The summed E-state index contributed by atoms with van der Waals surface area (Å²) in [5.74, 6) is -2.52. The van der Waals surface area contributed by atoms with Crippen molar-refractivity contribution in [3.8, 4) is 0 Å². The number of anilines is 2. The second kappa shape index (κ2) is 7.86. The molecule has 14 nitrogen and oxygen atoms in total. The van der Waals surface area contributed by atoms with Crippen LogP contribution in [-0.2, 0) is 25.5 Å². The van der Waals surface area contributed by atoms with Crippen molar-refractivity contribution in [1.82, 2.24) is 15.8 Å². The summed E-state index contributed by atoms with van der Waals surface area (Å²) in [6, 6.07) is -1.21. The van der Waals surface area contributed by atoms with Crippen molar-refractivity contribution in [1.29, 1.82) is 0 Å². The Morgan fingerprint density at radius 1 is 1.24 bits per heavy atom. The summed E-state index contributed by atoms with van der Waals surface area (Å²) in [5.41, 5.74) is -1.67. The van der Waals surface area contributed by atoms with Gasteiger partial charge in [-0.25, -0.2) is 18.9 Å². The van der Waals surface area contributed by atoms with Crippen LogP contribution in [0.2, 0.25) is 0 Å². The first kappa shape index (κ1) is 23.1. The van der Waals surface area contributed by atoms with Crippen molar-refractivity contribution in [3.63, 3.8) is 0 Å². The van der Waals surface area contributed by atoms with Crippen LogP contribution in [0.5, 0.6) is 0 Å². The number of carbonyl (C=O) groups is 4. The Bertz CT molecular complexity index is 1390. The molecular formula is C22H21FN6O8. The van der Waals surface area contributed by atoms with Crippen LogP contribution in [-0.4, -0.2) is 78.0 Å². The number of halogens is 1. The lowest BCUT2D eigenvalue weighted by atomic mass is 9.66. The molecule has 6 rings (SSSR count). The molecule has 1 aromatic carbocycles. The minimum Gasteiger partial charge on any atom is -0.446 e. The average Bonchev–Trinajstić information content (AvgIpc) is 3.40. The minimum atomic E-state index is -1.81. The molecule has 37 heavy (non-hydrogen) atoms. The van der Waals surface area contributed by atoms with Gasteiger partial charge in [0.05, 0.1) is 35.5 Å². The van der Waals surface area contributed by atoms with E-state index in [2.05, 4.69) is 20.9 Å². The van der Waals surface area contributed by atoms with E-state index >= 15 is 4.39 Å². The van der Waals surface area contributed by atoms with Crippen molar-refractivity contribution in [2.45, 2.75) is 44.6 Å². The predicted octanol–water partition coefficient (Wildman–Crippen LogP) is 0.643. The summed E-state index contributed by atoms with van der Waals surface area (Å²) in [6.07, 6.45) is -1.07. The topological polar surface area (TPSA) is 176 Å². The van der Waals surface area contributed by atoms with Crippen LogP contribution in [0.1, 0.15) is 19.4 Å². The highest BCUT2D eigenvalue weighted by Crippen LogP contribution is 2.49. The summed E-state index contributed by atoms with van der Waals surface area (Å²) in [5, 5.41) is 20.2. The maximum absolute atomic E-state index is 16.2. The van der Waals surface area contributed by atoms with E-state index in [1.54, 1.807) is 18.7 Å². The molecule has 5 amide bonds. The lowest BCUT2D eigenvalue weighted by Crippen LogP contribution is -2.75. The number of imide groups is 2. The van der Waals surface area contributed by atoms with Crippen LogP contribution in [0.3, 0.4) is 0 Å². The number of cyclic esters (lactones) is 1. The number of morpholine rings is 1. The van der Waals surface area contributed by atoms with Gasteiger partial charge in [-0.05, 0) is 25.5 Å². The molecule has 2 aromatic rings. The number of rotatable bonds is 2. The number of carbonyl (C=O) groups excluding carboxylic acids is 4. The predicted molar refractivity (Wildman–Crippen MR) is 121 cm³/mol. The van der Waals surface area contributed by atoms with Gasteiger partial charge in [0.25, 0.3) is 0 Å². The SMILES string of the molecule is C[C@@H]1CN2c3c(cc4c(N5C(=O)OC[C@@H]5/C=N/O)noc4c3F)CC3(C(=O)NC(=O)NC3=O)C2[C@H](C)O1. The number of barbiturate groups is 1. The Morgan fingerprint density at radius 2 is 1.97 bits per heavy atom. The molecular weight excluding hydrogens is 495 g/mol. The highest BCUT2D eigenvalue weighted by Gasteiger charge is 2.63. The standard InChI is InChI=1S/C22H21FN6O8/c1-8-6-28-14-10(4-22(16(28)9(2)36-8)18(30)25-20(32)26-19(22)31)3-12-15(13(14)23)37-27-17(12)29-11(5-24-34)7-35-21(29)33/h3,5,8-9,11,16,34H,4,6-7H2,1-2H3,(H2,25,26,30,31,32)/b24-5+/t8-,9+,11+,16?/m1/s1. The van der Waals surface area contributed by atoms with Crippen molar-refractivity contribution in [2.24, 2.45) is 10.6 Å². The van der Waals surface area contributed by atoms with Gasteiger partial charge < -0.3 is 24.1 Å². The highest BCUT2D eigenvalue weighted by molar-refractivity contribution is 6.20. The first-order chi connectivity index (χ1) is 17.7. The third-order valence-electron chi connectivity index (χ3n) is 7.32. The van der Waals surface area contributed by atoms with Gasteiger partial charge >= 0.3 is 12.1 Å². The smallest absolute Gasteiger partial charge is 0.416 e. The van der Waals surface area contributed by atoms with E-state index in [9.17, 15) is 19.2 Å². The molecule has 0 aliphatic carbocycles. The Morgan fingerprint density at radius 3 is 2.68 bits per heavy atom. The van der Waals surface area contributed by atoms with Gasteiger partial charge in [0, 0.05) is 13.0 Å². The molecule has 15 heteroatoms. The molecule has 4 aliphatic heterocycles. The molecule has 1 aromatic heterocycles. The van der Waals surface area contributed by atoms with Gasteiger partial charge in [-0.15, -0.1) is 0 Å². The van der Waals surface area contributed by atoms with Crippen LogP contribution < -0.4 is 20.4 Å². The zero-order valence-electron chi connectivity index (χ0n) is 19.6. The summed E-state index contributed by atoms with van der Waals surface area (Å²) < 4.78 is 32.4. The molecule has 5 heterocycles. The highest BCUT2D eigenvalue weighted by atomic mass is 19.1. The van der Waals surface area contributed by atoms with Gasteiger partial charge in [0.1, 0.15) is 12.6 Å². The second-order valence-electron chi connectivity index (χ2n) is 9.49. The number of nitrogens with one attached hydrogen (secondary N) is 2. The van der Waals surface area contributed by atoms with Gasteiger partial charge in [0.15, 0.2) is 17.1 Å². The van der Waals surface area contributed by atoms with Crippen molar-refractivity contribution in [3.05, 3.63) is 17.4 Å². The van der Waals surface area contributed by atoms with E-state index in [1.807, 2.05) is 0 Å². The largest absolute Gasteiger partial charge is 0.446 e. The molecule has 4 aliphatic rings. The van der Waals surface area contributed by atoms with Gasteiger partial charge in [0.2, 0.25) is 17.4 Å². The number of urea groups is 1. The zero-order valence-corrected chi connectivity index (χ0v) is 19.6. The number of hydrogen-bond acceptors (Lipinski definition) is 11. The van der Waals surface area contributed by atoms with Crippen LogP contribution in [0, 0.1) is 11.2 Å². The maximum Gasteiger partial charge on any atom is 0.416 e. The van der Waals surface area contributed by atoms with E-state index in [0.29, 0.717) is 0 Å². The molecule has 1 unspecified atom stereocenters. The van der Waals surface area contributed by atoms with Crippen molar-refractivity contribution < 1.29 is 42.8 Å². The molecule has 0 saturated carbocycles. The number of ether oxygens (including phenoxy) is 2. The fraction of sp³-hybridized carbons (Fsp3) is 0.455. The fourth-order valence-electron chi connectivity index (χ4n) is 5.98. The van der Waals surface area contributed by atoms with Crippen molar-refractivity contribution >= 4 is 52.6 Å². The maximum atomic E-state index is 16.2. The second-order valence-corrected chi connectivity index (χ2v) is 9.49. The van der Waals surface area contributed by atoms with Gasteiger partial charge in [-0.3, -0.25) is 20.2 Å². The summed E-state index contributed by atoms with van der Waals surface area (Å²) >= 11 is 0. The Kier molecular flexibility index (Phi) is 4.92. The van der Waals surface area contributed by atoms with Crippen LogP contribution in [0.4, 0.5) is 25.5 Å². The van der Waals surface area contributed by atoms with Crippen LogP contribution in [0.15, 0.2) is 15.7 Å². The molecule has 0 radical (unpaired) electrons. The van der Waals surface area contributed by atoms with E-state index in [0.717, 1.165) is 11.1 Å². The van der Waals surface area contributed by atoms with Gasteiger partial charge in [-0.1, -0.05) is 10.3 Å². The number of hydrogen-bond donors (Lipinski definition) is 3. The van der Waals surface area contributed by atoms with Crippen LogP contribution >= 0.6 is 0 Å². The van der Waals surface area contributed by atoms with E-state index < -0.39 is 53.4 Å². The summed E-state index contributed by atoms with van der Waals surface area (Å²) in [6.45, 7) is 3.48. The number of fused-ring (bicyclic) bond motifs is 5. The first-order valence-electron chi connectivity index (χ1n) is 11.5. The molecule has 3 saturated heterocycles. The monoisotopic (exact) mass is 516 g/mol. The number of aromatic nitrogens is 1. The lowest BCUT2D eigenvalue weighted by Gasteiger charge is -2.55. The zero-order chi connectivity index (χ0) is 26.2. The minimum absolute atomic E-state index is 0.0853. The number of nitrogens with zero attached hydrogens (tertiary/aromatic N) is 4. The third-order valence-corrected chi connectivity index (χ3v) is 7.32. The normalized spacial score (nSPS) is 28.9.